The average molecular weight is 546 g/mol. The molecule has 0 bridgehead atoms. The zero-order chi connectivity index (χ0) is 16.4. The number of halogens is 6. The van der Waals surface area contributed by atoms with E-state index >= 15 is 0 Å². The number of hydrogen-bond acceptors (Lipinski definition) is 1. The van der Waals surface area contributed by atoms with Crippen LogP contribution in [0.25, 0.3) is 0 Å². The third-order valence-electron chi connectivity index (χ3n) is 2.38. The summed E-state index contributed by atoms with van der Waals surface area (Å²) in [4.78, 5) is 3.78. The van der Waals surface area contributed by atoms with Crippen LogP contribution >= 0.6 is 0 Å². The Morgan fingerprint density at radius 1 is 1.00 bits per heavy atom. The molecule has 1 atom stereocenters. The van der Waals surface area contributed by atoms with Gasteiger partial charge >= 0.3 is 71.2 Å². The van der Waals surface area contributed by atoms with E-state index < -0.39 is 15.1 Å². The summed E-state index contributed by atoms with van der Waals surface area (Å²) in [6.07, 6.45) is 10.3. The molecule has 0 saturated heterocycles. The van der Waals surface area contributed by atoms with Crippen molar-refractivity contribution in [1.29, 1.82) is 0 Å². The Bertz CT molecular complexity index is 558. The average Bonchev–Trinajstić information content (AvgIpc) is 2.90. The van der Waals surface area contributed by atoms with E-state index in [2.05, 4.69) is 4.98 Å². The van der Waals surface area contributed by atoms with Crippen molar-refractivity contribution >= 4 is 0 Å². The van der Waals surface area contributed by atoms with Gasteiger partial charge in [-0.1, -0.05) is 12.1 Å². The van der Waals surface area contributed by atoms with E-state index in [4.69, 9.17) is 0 Å². The van der Waals surface area contributed by atoms with E-state index in [1.54, 1.807) is 24.5 Å². The summed E-state index contributed by atoms with van der Waals surface area (Å²) in [7, 11) is 0. The summed E-state index contributed by atoms with van der Waals surface area (Å²) in [5.41, 5.74) is 0. The number of hydrogen-bond donors (Lipinski definition) is 0. The van der Waals surface area contributed by atoms with Gasteiger partial charge in [-0.25, -0.2) is 4.39 Å². The van der Waals surface area contributed by atoms with Crippen LogP contribution in [0.2, 0.25) is 0 Å². The molecule has 0 N–H and O–H groups in total. The monoisotopic (exact) mass is 546 g/mol. The molecule has 129 valence electrons. The predicted molar refractivity (Wildman–Crippen MR) is 74.0 cm³/mol. The SMILES string of the molecule is FC1=CCC=C1.FC1=C[C](F)([Hf+2])CC(F)=C1.[Cl-].[Cl-].c1ccncc1. The molecule has 2 aliphatic rings. The Labute approximate surface area is 166 Å². The molecule has 0 aromatic carbocycles. The maximum atomic E-state index is 12.8. The quantitative estimate of drug-likeness (QED) is 0.308. The normalized spacial score (nSPS) is 20.5. The minimum atomic E-state index is -1.72. The van der Waals surface area contributed by atoms with Gasteiger partial charge in [0, 0.05) is 12.4 Å². The molecule has 1 nitrogen and oxygen atoms in total. The molecule has 24 heavy (non-hydrogen) atoms. The van der Waals surface area contributed by atoms with E-state index in [1.165, 1.54) is 6.08 Å². The third-order valence-corrected chi connectivity index (χ3v) is 3.53. The second kappa shape index (κ2) is 13.6. The fourth-order valence-electron chi connectivity index (χ4n) is 1.50. The van der Waals surface area contributed by atoms with Gasteiger partial charge in [0.25, 0.3) is 0 Å². The summed E-state index contributed by atoms with van der Waals surface area (Å²) < 4.78 is 47.4. The standard InChI is InChI=1S/C6H4F3.C5H5F.C5H5N.2ClH.Hf/c7-4-1-5(8)3-6(9)2-4;6-5-3-1-2-4-5;1-2-4-6-5-3-1;;;/h1-2H,3H2;1,3-4H,2H2;1-5H;2*1H;/q;;;;;+2/p-2. The van der Waals surface area contributed by atoms with Gasteiger partial charge in [0.2, 0.25) is 0 Å². The molecule has 0 aliphatic heterocycles. The Morgan fingerprint density at radius 3 is 1.88 bits per heavy atom. The van der Waals surface area contributed by atoms with Gasteiger partial charge in [0.15, 0.2) is 0 Å². The minimum Gasteiger partial charge on any atom is -1.00 e. The van der Waals surface area contributed by atoms with Crippen molar-refractivity contribution in [3.8, 4) is 0 Å². The second-order valence-corrected chi connectivity index (χ2v) is 7.40. The van der Waals surface area contributed by atoms with Gasteiger partial charge in [-0.15, -0.1) is 0 Å². The molecule has 0 saturated carbocycles. The first-order valence-corrected chi connectivity index (χ1v) is 8.24. The predicted octanol–water partition coefficient (Wildman–Crippen LogP) is -0.801. The zero-order valence-electron chi connectivity index (χ0n) is 12.4. The van der Waals surface area contributed by atoms with Gasteiger partial charge in [0.1, 0.15) is 5.83 Å². The third kappa shape index (κ3) is 12.7. The van der Waals surface area contributed by atoms with Crippen LogP contribution in [0, 0.1) is 0 Å². The van der Waals surface area contributed by atoms with E-state index in [9.17, 15) is 17.6 Å². The van der Waals surface area contributed by atoms with Gasteiger partial charge in [-0.3, -0.25) is 4.98 Å². The maximum absolute atomic E-state index is 12.8. The Morgan fingerprint density at radius 2 is 1.62 bits per heavy atom. The summed E-state index contributed by atoms with van der Waals surface area (Å²) in [6, 6.07) is 5.72. The van der Waals surface area contributed by atoms with Crippen molar-refractivity contribution in [3.63, 3.8) is 0 Å². The van der Waals surface area contributed by atoms with Crippen molar-refractivity contribution < 1.29 is 66.8 Å². The van der Waals surface area contributed by atoms with Crippen molar-refractivity contribution in [1.82, 2.24) is 4.98 Å². The van der Waals surface area contributed by atoms with Crippen LogP contribution < -0.4 is 24.8 Å². The zero-order valence-corrected chi connectivity index (χ0v) is 17.5. The number of rotatable bonds is 0. The number of alkyl halides is 1. The summed E-state index contributed by atoms with van der Waals surface area (Å²) in [6.45, 7) is 0. The van der Waals surface area contributed by atoms with Gasteiger partial charge in [-0.2, -0.15) is 0 Å². The largest absolute Gasteiger partial charge is 1.00 e. The molecular weight excluding hydrogens is 532 g/mol. The first-order chi connectivity index (χ1) is 10.4. The molecule has 1 heterocycles. The van der Waals surface area contributed by atoms with Crippen molar-refractivity contribution in [2.45, 2.75) is 16.3 Å². The van der Waals surface area contributed by atoms with E-state index in [1.807, 2.05) is 18.2 Å². The van der Waals surface area contributed by atoms with Crippen molar-refractivity contribution in [2.75, 3.05) is 0 Å². The number of nitrogens with zero attached hydrogens (tertiary/aromatic N) is 1. The molecule has 1 aromatic rings. The fraction of sp³-hybridized carbons (Fsp3) is 0.188. The second-order valence-electron chi connectivity index (χ2n) is 4.41. The Kier molecular flexibility index (Phi) is 14.4. The van der Waals surface area contributed by atoms with Crippen LogP contribution in [0.1, 0.15) is 12.8 Å². The molecule has 0 radical (unpaired) electrons. The van der Waals surface area contributed by atoms with Gasteiger partial charge in [0.05, 0.1) is 0 Å². The molecule has 0 amide bonds. The van der Waals surface area contributed by atoms with E-state index in [-0.39, 0.29) is 61.4 Å². The summed E-state index contributed by atoms with van der Waals surface area (Å²) in [5, 5.41) is 0. The molecule has 0 fully saturated rings. The smallest absolute Gasteiger partial charge is 0.0267 e. The molecule has 1 unspecified atom stereocenters. The molecule has 0 spiro atoms. The van der Waals surface area contributed by atoms with Gasteiger partial charge < -0.3 is 24.8 Å². The van der Waals surface area contributed by atoms with Crippen LogP contribution in [0.15, 0.2) is 78.5 Å². The van der Waals surface area contributed by atoms with Crippen LogP contribution in [0.5, 0.6) is 0 Å². The van der Waals surface area contributed by atoms with Crippen molar-refractivity contribution in [2.24, 2.45) is 0 Å². The molecule has 1 aromatic heterocycles. The molecule has 2 aliphatic carbocycles. The van der Waals surface area contributed by atoms with E-state index in [0.717, 1.165) is 18.6 Å². The summed E-state index contributed by atoms with van der Waals surface area (Å²) >= 11 is 0.122. The topological polar surface area (TPSA) is 12.9 Å². The van der Waals surface area contributed by atoms with Crippen LogP contribution in [-0.4, -0.2) is 8.41 Å². The first kappa shape index (κ1) is 25.5. The Balaban J connectivity index is 0. The van der Waals surface area contributed by atoms with Crippen molar-refractivity contribution in [3.05, 3.63) is 78.5 Å². The van der Waals surface area contributed by atoms with Gasteiger partial charge in [-0.05, 0) is 30.7 Å². The summed E-state index contributed by atoms with van der Waals surface area (Å²) in [5.74, 6) is -1.62. The first-order valence-electron chi connectivity index (χ1n) is 6.44. The fourth-order valence-corrected chi connectivity index (χ4v) is 2.60. The number of aromatic nitrogens is 1. The molecule has 3 rings (SSSR count). The van der Waals surface area contributed by atoms with Crippen LogP contribution in [0.3, 0.4) is 0 Å². The van der Waals surface area contributed by atoms with E-state index in [0.29, 0.717) is 0 Å². The Hall–Kier alpha value is -0.720. The molecule has 8 heteroatoms. The number of pyridine rings is 1. The molecular formula is C16H14Cl2F4HfN. The number of allylic oxidation sites excluding steroid dienone is 8. The minimum absolute atomic E-state index is 0. The van der Waals surface area contributed by atoms with Crippen LogP contribution in [0.4, 0.5) is 17.6 Å². The van der Waals surface area contributed by atoms with Crippen LogP contribution in [-0.2, 0) is 24.4 Å². The maximum Gasteiger partial charge on any atom is 0.0267 e.